The van der Waals surface area contributed by atoms with Gasteiger partial charge in [-0.05, 0) is 54.5 Å². The molecule has 2 aromatic rings. The third-order valence-corrected chi connectivity index (χ3v) is 5.73. The second-order valence-electron chi connectivity index (χ2n) is 6.09. The van der Waals surface area contributed by atoms with Crippen molar-refractivity contribution in [3.8, 4) is 0 Å². The lowest BCUT2D eigenvalue weighted by atomic mass is 10.1. The van der Waals surface area contributed by atoms with Gasteiger partial charge >= 0.3 is 5.97 Å². The first-order chi connectivity index (χ1) is 13.2. The Kier molecular flexibility index (Phi) is 7.40. The van der Waals surface area contributed by atoms with Gasteiger partial charge in [0.25, 0.3) is 0 Å². The number of thiocarbonyl (C=S) groups is 1. The summed E-state index contributed by atoms with van der Waals surface area (Å²) < 4.78 is 27.9. The zero-order valence-electron chi connectivity index (χ0n) is 15.7. The summed E-state index contributed by atoms with van der Waals surface area (Å²) in [6, 6.07) is 11.4. The van der Waals surface area contributed by atoms with Crippen LogP contribution in [0.1, 0.15) is 35.3 Å². The molecule has 0 amide bonds. The van der Waals surface area contributed by atoms with Crippen LogP contribution in [0.5, 0.6) is 0 Å². The molecule has 0 spiro atoms. The molecule has 0 aliphatic carbocycles. The van der Waals surface area contributed by atoms with E-state index in [0.717, 1.165) is 12.0 Å². The molecule has 150 valence electrons. The molecule has 2 rings (SSSR count). The summed E-state index contributed by atoms with van der Waals surface area (Å²) >= 11 is 11.4. The van der Waals surface area contributed by atoms with Gasteiger partial charge in [0, 0.05) is 11.9 Å². The number of benzene rings is 2. The molecule has 0 fully saturated rings. The van der Waals surface area contributed by atoms with Gasteiger partial charge in [0.15, 0.2) is 14.9 Å². The van der Waals surface area contributed by atoms with Crippen LogP contribution in [-0.4, -0.2) is 32.9 Å². The largest absolute Gasteiger partial charge is 0.465 e. The third kappa shape index (κ3) is 5.67. The molecule has 0 saturated heterocycles. The Morgan fingerprint density at radius 1 is 1.21 bits per heavy atom. The van der Waals surface area contributed by atoms with E-state index in [1.54, 1.807) is 42.5 Å². The maximum absolute atomic E-state index is 11.8. The number of hydrogen-bond acceptors (Lipinski definition) is 5. The molecule has 9 heteroatoms. The molecule has 28 heavy (non-hydrogen) atoms. The van der Waals surface area contributed by atoms with E-state index in [0.29, 0.717) is 10.8 Å². The monoisotopic (exact) mass is 440 g/mol. The van der Waals surface area contributed by atoms with Crippen LogP contribution in [0.2, 0.25) is 5.02 Å². The number of anilines is 1. The molecule has 2 N–H and O–H groups in total. The maximum atomic E-state index is 11.8. The minimum absolute atomic E-state index is 0.110. The molecule has 0 aromatic heterocycles. The average Bonchev–Trinajstić information content (AvgIpc) is 2.66. The second kappa shape index (κ2) is 9.36. The minimum Gasteiger partial charge on any atom is -0.465 e. The summed E-state index contributed by atoms with van der Waals surface area (Å²) in [6.45, 7) is 1.99. The standard InChI is InChI=1S/C19H21ClN2O4S2/c1-4-17(12-5-8-14(9-6-12)28(3,24)25)22-19(27)21-13-7-10-16(20)15(11-13)18(23)26-2/h5-11,17H,4H2,1-3H3,(H2,21,22,27)/t17-/m1/s1. The number of ether oxygens (including phenoxy) is 1. The summed E-state index contributed by atoms with van der Waals surface area (Å²) in [4.78, 5) is 12.0. The van der Waals surface area contributed by atoms with Gasteiger partial charge in [0.1, 0.15) is 0 Å². The van der Waals surface area contributed by atoms with E-state index in [9.17, 15) is 13.2 Å². The Bertz CT molecular complexity index is 976. The van der Waals surface area contributed by atoms with Crippen LogP contribution >= 0.6 is 23.8 Å². The molecule has 1 atom stereocenters. The first kappa shape index (κ1) is 22.1. The van der Waals surface area contributed by atoms with Crippen LogP contribution in [0.4, 0.5) is 5.69 Å². The van der Waals surface area contributed by atoms with Gasteiger partial charge < -0.3 is 15.4 Å². The van der Waals surface area contributed by atoms with Crippen LogP contribution < -0.4 is 10.6 Å². The number of methoxy groups -OCH3 is 1. The lowest BCUT2D eigenvalue weighted by Crippen LogP contribution is -2.32. The molecule has 0 aliphatic rings. The number of carbonyl (C=O) groups is 1. The van der Waals surface area contributed by atoms with Gasteiger partial charge in [-0.3, -0.25) is 0 Å². The zero-order valence-corrected chi connectivity index (χ0v) is 18.0. The Morgan fingerprint density at radius 2 is 1.86 bits per heavy atom. The Morgan fingerprint density at radius 3 is 2.39 bits per heavy atom. The number of hydrogen-bond donors (Lipinski definition) is 2. The fourth-order valence-corrected chi connectivity index (χ4v) is 3.65. The molecular formula is C19H21ClN2O4S2. The number of sulfone groups is 1. The highest BCUT2D eigenvalue weighted by molar-refractivity contribution is 7.90. The molecule has 0 heterocycles. The summed E-state index contributed by atoms with van der Waals surface area (Å²) in [5.74, 6) is -0.537. The number of rotatable bonds is 6. The summed E-state index contributed by atoms with van der Waals surface area (Å²) in [6.07, 6.45) is 1.90. The summed E-state index contributed by atoms with van der Waals surface area (Å²) in [5.41, 5.74) is 1.73. The molecular weight excluding hydrogens is 420 g/mol. The highest BCUT2D eigenvalue weighted by atomic mass is 35.5. The molecule has 0 saturated carbocycles. The van der Waals surface area contributed by atoms with Crippen molar-refractivity contribution in [3.63, 3.8) is 0 Å². The molecule has 6 nitrogen and oxygen atoms in total. The van der Waals surface area contributed by atoms with Crippen molar-refractivity contribution in [3.05, 3.63) is 58.6 Å². The molecule has 0 unspecified atom stereocenters. The van der Waals surface area contributed by atoms with Crippen molar-refractivity contribution >= 4 is 50.4 Å². The van der Waals surface area contributed by atoms with Crippen LogP contribution in [0.3, 0.4) is 0 Å². The van der Waals surface area contributed by atoms with E-state index >= 15 is 0 Å². The Labute approximate surface area is 175 Å². The summed E-state index contributed by atoms with van der Waals surface area (Å²) in [7, 11) is -1.96. The highest BCUT2D eigenvalue weighted by Crippen LogP contribution is 2.22. The van der Waals surface area contributed by atoms with Gasteiger partial charge in [-0.2, -0.15) is 0 Å². The average molecular weight is 441 g/mol. The number of esters is 1. The zero-order chi connectivity index (χ0) is 20.9. The van der Waals surface area contributed by atoms with Crippen LogP contribution in [0, 0.1) is 0 Å². The van der Waals surface area contributed by atoms with E-state index in [4.69, 9.17) is 28.6 Å². The minimum atomic E-state index is -3.24. The lowest BCUT2D eigenvalue weighted by Gasteiger charge is -2.20. The Balaban J connectivity index is 2.11. The second-order valence-corrected chi connectivity index (χ2v) is 8.92. The first-order valence-corrected chi connectivity index (χ1v) is 11.1. The molecule has 0 bridgehead atoms. The predicted molar refractivity (Wildman–Crippen MR) is 115 cm³/mol. The Hall–Kier alpha value is -2.16. The maximum Gasteiger partial charge on any atom is 0.339 e. The molecule has 0 radical (unpaired) electrons. The topological polar surface area (TPSA) is 84.5 Å². The normalized spacial score (nSPS) is 12.1. The van der Waals surface area contributed by atoms with Gasteiger partial charge in [0.05, 0.1) is 28.6 Å². The molecule has 2 aromatic carbocycles. The fraction of sp³-hybridized carbons (Fsp3) is 0.263. The van der Waals surface area contributed by atoms with Crippen LogP contribution in [0.25, 0.3) is 0 Å². The number of carbonyl (C=O) groups excluding carboxylic acids is 1. The van der Waals surface area contributed by atoms with E-state index in [-0.39, 0.29) is 21.5 Å². The van der Waals surface area contributed by atoms with Gasteiger partial charge in [-0.15, -0.1) is 0 Å². The number of nitrogens with one attached hydrogen (secondary N) is 2. The quantitative estimate of drug-likeness (QED) is 0.519. The smallest absolute Gasteiger partial charge is 0.339 e. The van der Waals surface area contributed by atoms with Crippen molar-refractivity contribution in [2.75, 3.05) is 18.7 Å². The van der Waals surface area contributed by atoms with Crippen molar-refractivity contribution < 1.29 is 17.9 Å². The van der Waals surface area contributed by atoms with Crippen molar-refractivity contribution in [1.82, 2.24) is 5.32 Å². The fourth-order valence-electron chi connectivity index (χ4n) is 2.56. The van der Waals surface area contributed by atoms with E-state index in [1.807, 2.05) is 6.92 Å². The van der Waals surface area contributed by atoms with E-state index in [2.05, 4.69) is 10.6 Å². The highest BCUT2D eigenvalue weighted by Gasteiger charge is 2.15. The number of halogens is 1. The van der Waals surface area contributed by atoms with Crippen molar-refractivity contribution in [1.29, 1.82) is 0 Å². The third-order valence-electron chi connectivity index (χ3n) is 4.05. The van der Waals surface area contributed by atoms with E-state index < -0.39 is 15.8 Å². The van der Waals surface area contributed by atoms with Gasteiger partial charge in [0.2, 0.25) is 0 Å². The SMILES string of the molecule is CC[C@@H](NC(=S)Nc1ccc(Cl)c(C(=O)OC)c1)c1ccc(S(C)(=O)=O)cc1. The first-order valence-electron chi connectivity index (χ1n) is 8.41. The lowest BCUT2D eigenvalue weighted by molar-refractivity contribution is 0.0601. The molecule has 0 aliphatic heterocycles. The van der Waals surface area contributed by atoms with Crippen molar-refractivity contribution in [2.45, 2.75) is 24.3 Å². The van der Waals surface area contributed by atoms with Gasteiger partial charge in [-0.1, -0.05) is 30.7 Å². The van der Waals surface area contributed by atoms with Gasteiger partial charge in [-0.25, -0.2) is 13.2 Å². The predicted octanol–water partition coefficient (Wildman–Crippen LogP) is 3.97. The van der Waals surface area contributed by atoms with Crippen LogP contribution in [-0.2, 0) is 14.6 Å². The van der Waals surface area contributed by atoms with E-state index in [1.165, 1.54) is 13.4 Å². The van der Waals surface area contributed by atoms with Crippen LogP contribution in [0.15, 0.2) is 47.4 Å². The summed E-state index contributed by atoms with van der Waals surface area (Å²) in [5, 5.41) is 6.85. The van der Waals surface area contributed by atoms with Crippen molar-refractivity contribution in [2.24, 2.45) is 0 Å².